The number of benzene rings is 2. The predicted octanol–water partition coefficient (Wildman–Crippen LogP) is 5.55. The second-order valence-corrected chi connectivity index (χ2v) is 6.40. The van der Waals surface area contributed by atoms with Crippen LogP contribution in [0, 0.1) is 6.92 Å². The minimum absolute atomic E-state index is 1.07. The fourth-order valence-electron chi connectivity index (χ4n) is 2.02. The highest BCUT2D eigenvalue weighted by atomic mass is 79.9. The van der Waals surface area contributed by atoms with E-state index < -0.39 is 0 Å². The van der Waals surface area contributed by atoms with Crippen molar-refractivity contribution in [2.45, 2.75) is 6.92 Å². The molecule has 0 N–H and O–H groups in total. The molecule has 0 atom stereocenters. The molecule has 1 aromatic heterocycles. The van der Waals surface area contributed by atoms with Crippen molar-refractivity contribution in [3.05, 3.63) is 64.1 Å². The maximum atomic E-state index is 4.69. The van der Waals surface area contributed by atoms with E-state index in [-0.39, 0.29) is 0 Å². The van der Waals surface area contributed by atoms with Crippen molar-refractivity contribution in [1.82, 2.24) is 4.98 Å². The van der Waals surface area contributed by atoms with Gasteiger partial charge in [0, 0.05) is 10.0 Å². The standard InChI is InChI=1S/C16H12BrNS/c1-11-18-15(12-5-3-2-4-6-12)16(19-11)13-7-9-14(17)10-8-13/h2-10H,1H3. The Balaban J connectivity index is 2.15. The van der Waals surface area contributed by atoms with Crippen molar-refractivity contribution in [1.29, 1.82) is 0 Å². The summed E-state index contributed by atoms with van der Waals surface area (Å²) in [5, 5.41) is 1.09. The molecule has 1 nitrogen and oxygen atoms in total. The summed E-state index contributed by atoms with van der Waals surface area (Å²) in [6.45, 7) is 2.06. The fraction of sp³-hybridized carbons (Fsp3) is 0.0625. The molecular formula is C16H12BrNS. The average molecular weight is 330 g/mol. The first-order valence-electron chi connectivity index (χ1n) is 6.03. The zero-order valence-corrected chi connectivity index (χ0v) is 12.8. The molecule has 0 fully saturated rings. The van der Waals surface area contributed by atoms with Crippen molar-refractivity contribution in [3.63, 3.8) is 0 Å². The summed E-state index contributed by atoms with van der Waals surface area (Å²) in [5.74, 6) is 0. The Morgan fingerprint density at radius 3 is 2.26 bits per heavy atom. The van der Waals surface area contributed by atoms with Crippen LogP contribution < -0.4 is 0 Å². The molecule has 94 valence electrons. The Hall–Kier alpha value is -1.45. The molecule has 0 spiro atoms. The number of aryl methyl sites for hydroxylation is 1. The number of hydrogen-bond donors (Lipinski definition) is 0. The van der Waals surface area contributed by atoms with Gasteiger partial charge >= 0.3 is 0 Å². The normalized spacial score (nSPS) is 10.6. The summed E-state index contributed by atoms with van der Waals surface area (Å²) in [5.41, 5.74) is 3.46. The number of halogens is 1. The molecular weight excluding hydrogens is 318 g/mol. The van der Waals surface area contributed by atoms with Gasteiger partial charge in [0.15, 0.2) is 0 Å². The van der Waals surface area contributed by atoms with E-state index in [1.54, 1.807) is 11.3 Å². The first-order chi connectivity index (χ1) is 9.24. The van der Waals surface area contributed by atoms with Crippen LogP contribution in [-0.2, 0) is 0 Å². The van der Waals surface area contributed by atoms with Gasteiger partial charge in [-0.25, -0.2) is 4.98 Å². The topological polar surface area (TPSA) is 12.9 Å². The molecule has 0 aliphatic carbocycles. The molecule has 0 unspecified atom stereocenters. The molecule has 0 saturated carbocycles. The van der Waals surface area contributed by atoms with Crippen molar-refractivity contribution >= 4 is 27.3 Å². The van der Waals surface area contributed by atoms with Gasteiger partial charge in [-0.1, -0.05) is 58.4 Å². The van der Waals surface area contributed by atoms with Gasteiger partial charge < -0.3 is 0 Å². The monoisotopic (exact) mass is 329 g/mol. The lowest BCUT2D eigenvalue weighted by Crippen LogP contribution is -1.81. The molecule has 1 heterocycles. The first-order valence-corrected chi connectivity index (χ1v) is 7.64. The van der Waals surface area contributed by atoms with E-state index in [4.69, 9.17) is 0 Å². The highest BCUT2D eigenvalue weighted by Crippen LogP contribution is 2.36. The third kappa shape index (κ3) is 2.62. The average Bonchev–Trinajstić information content (AvgIpc) is 2.83. The van der Waals surface area contributed by atoms with Crippen LogP contribution in [0.15, 0.2) is 59.1 Å². The van der Waals surface area contributed by atoms with Crippen LogP contribution in [0.3, 0.4) is 0 Å². The molecule has 3 rings (SSSR count). The van der Waals surface area contributed by atoms with Crippen LogP contribution in [0.2, 0.25) is 0 Å². The van der Waals surface area contributed by atoms with Gasteiger partial charge in [-0.3, -0.25) is 0 Å². The molecule has 0 amide bonds. The molecule has 0 aliphatic rings. The van der Waals surface area contributed by atoms with Gasteiger partial charge in [0.05, 0.1) is 15.6 Å². The maximum Gasteiger partial charge on any atom is 0.0908 e. The summed E-state index contributed by atoms with van der Waals surface area (Å²) < 4.78 is 1.10. The van der Waals surface area contributed by atoms with Gasteiger partial charge in [-0.15, -0.1) is 11.3 Å². The third-order valence-electron chi connectivity index (χ3n) is 2.89. The fourth-order valence-corrected chi connectivity index (χ4v) is 3.23. The molecule has 2 aromatic carbocycles. The predicted molar refractivity (Wildman–Crippen MR) is 85.4 cm³/mol. The van der Waals surface area contributed by atoms with E-state index in [9.17, 15) is 0 Å². The smallest absolute Gasteiger partial charge is 0.0908 e. The van der Waals surface area contributed by atoms with Gasteiger partial charge in [0.1, 0.15) is 0 Å². The lowest BCUT2D eigenvalue weighted by atomic mass is 10.1. The highest BCUT2D eigenvalue weighted by Gasteiger charge is 2.12. The minimum Gasteiger partial charge on any atom is -0.241 e. The van der Waals surface area contributed by atoms with E-state index >= 15 is 0 Å². The van der Waals surface area contributed by atoms with E-state index in [1.165, 1.54) is 16.0 Å². The van der Waals surface area contributed by atoms with Crippen molar-refractivity contribution in [2.24, 2.45) is 0 Å². The van der Waals surface area contributed by atoms with Crippen LogP contribution in [0.25, 0.3) is 21.7 Å². The van der Waals surface area contributed by atoms with Crippen molar-refractivity contribution in [2.75, 3.05) is 0 Å². The second kappa shape index (κ2) is 5.27. The quantitative estimate of drug-likeness (QED) is 0.600. The van der Waals surface area contributed by atoms with Gasteiger partial charge in [-0.2, -0.15) is 0 Å². The number of thiazole rings is 1. The first kappa shape index (κ1) is 12.6. The molecule has 19 heavy (non-hydrogen) atoms. The van der Waals surface area contributed by atoms with Crippen molar-refractivity contribution in [3.8, 4) is 21.7 Å². The Morgan fingerprint density at radius 2 is 1.58 bits per heavy atom. The van der Waals surface area contributed by atoms with Gasteiger partial charge in [-0.05, 0) is 24.6 Å². The van der Waals surface area contributed by atoms with E-state index in [1.807, 2.05) is 6.07 Å². The third-order valence-corrected chi connectivity index (χ3v) is 4.44. The molecule has 0 aliphatic heterocycles. The van der Waals surface area contributed by atoms with Crippen LogP contribution in [0.1, 0.15) is 5.01 Å². The van der Waals surface area contributed by atoms with Crippen LogP contribution >= 0.6 is 27.3 Å². The van der Waals surface area contributed by atoms with Crippen LogP contribution in [0.5, 0.6) is 0 Å². The molecule has 3 aromatic rings. The van der Waals surface area contributed by atoms with E-state index in [0.717, 1.165) is 15.2 Å². The van der Waals surface area contributed by atoms with E-state index in [2.05, 4.69) is 76.4 Å². The largest absolute Gasteiger partial charge is 0.241 e. The molecule has 3 heteroatoms. The molecule has 0 radical (unpaired) electrons. The van der Waals surface area contributed by atoms with Crippen LogP contribution in [0.4, 0.5) is 0 Å². The SMILES string of the molecule is Cc1nc(-c2ccccc2)c(-c2ccc(Br)cc2)s1. The summed E-state index contributed by atoms with van der Waals surface area (Å²) >= 11 is 5.22. The zero-order valence-electron chi connectivity index (χ0n) is 10.4. The Bertz CT molecular complexity index is 687. The number of aromatic nitrogens is 1. The van der Waals surface area contributed by atoms with E-state index in [0.29, 0.717) is 0 Å². The lowest BCUT2D eigenvalue weighted by Gasteiger charge is -2.03. The summed E-state index contributed by atoms with van der Waals surface area (Å²) in [7, 11) is 0. The minimum atomic E-state index is 1.07. The number of rotatable bonds is 2. The summed E-state index contributed by atoms with van der Waals surface area (Å²) in [6.07, 6.45) is 0. The second-order valence-electron chi connectivity index (χ2n) is 4.28. The van der Waals surface area contributed by atoms with Crippen molar-refractivity contribution < 1.29 is 0 Å². The number of hydrogen-bond acceptors (Lipinski definition) is 2. The molecule has 0 bridgehead atoms. The molecule has 0 saturated heterocycles. The zero-order chi connectivity index (χ0) is 13.2. The summed E-state index contributed by atoms with van der Waals surface area (Å²) in [6, 6.07) is 18.7. The van der Waals surface area contributed by atoms with Crippen LogP contribution in [-0.4, -0.2) is 4.98 Å². The number of nitrogens with zero attached hydrogens (tertiary/aromatic N) is 1. The Labute approximate surface area is 125 Å². The van der Waals surface area contributed by atoms with Gasteiger partial charge in [0.25, 0.3) is 0 Å². The Morgan fingerprint density at radius 1 is 0.895 bits per heavy atom. The highest BCUT2D eigenvalue weighted by molar-refractivity contribution is 9.10. The lowest BCUT2D eigenvalue weighted by molar-refractivity contribution is 1.30. The summed E-state index contributed by atoms with van der Waals surface area (Å²) in [4.78, 5) is 5.92. The van der Waals surface area contributed by atoms with Gasteiger partial charge in [0.2, 0.25) is 0 Å². The Kier molecular flexibility index (Phi) is 3.49. The maximum absolute atomic E-state index is 4.69.